The standard InChI is InChI=1S/C11H15BrN2O2S2/c12-10-3-2-9(8-11(10)13)18(15,16)14-4-1-6-17-7-5-14/h2-3,8H,1,4-7,13H2. The van der Waals surface area contributed by atoms with Gasteiger partial charge in [0.2, 0.25) is 10.0 Å². The van der Waals surface area contributed by atoms with Crippen LogP contribution in [0.25, 0.3) is 0 Å². The monoisotopic (exact) mass is 350 g/mol. The molecule has 1 saturated heterocycles. The van der Waals surface area contributed by atoms with Crippen molar-refractivity contribution in [2.45, 2.75) is 11.3 Å². The summed E-state index contributed by atoms with van der Waals surface area (Å²) in [6, 6.07) is 4.78. The Bertz CT molecular complexity index is 526. The Hall–Kier alpha value is -0.240. The van der Waals surface area contributed by atoms with E-state index >= 15 is 0 Å². The van der Waals surface area contributed by atoms with E-state index in [0.717, 1.165) is 17.9 Å². The minimum atomic E-state index is -3.41. The molecule has 1 fully saturated rings. The third-order valence-electron chi connectivity index (χ3n) is 2.79. The van der Waals surface area contributed by atoms with E-state index in [-0.39, 0.29) is 4.90 Å². The van der Waals surface area contributed by atoms with Gasteiger partial charge in [-0.25, -0.2) is 8.42 Å². The quantitative estimate of drug-likeness (QED) is 0.830. The predicted octanol–water partition coefficient (Wildman–Crippen LogP) is 2.16. The van der Waals surface area contributed by atoms with Crippen LogP contribution >= 0.6 is 27.7 Å². The van der Waals surface area contributed by atoms with Crippen molar-refractivity contribution in [3.05, 3.63) is 22.7 Å². The van der Waals surface area contributed by atoms with Crippen molar-refractivity contribution >= 4 is 43.4 Å². The number of rotatable bonds is 2. The van der Waals surface area contributed by atoms with Crippen LogP contribution in [0.1, 0.15) is 6.42 Å². The van der Waals surface area contributed by atoms with Crippen LogP contribution in [0.2, 0.25) is 0 Å². The first-order valence-corrected chi connectivity index (χ1v) is 9.03. The van der Waals surface area contributed by atoms with Crippen molar-refractivity contribution in [3.63, 3.8) is 0 Å². The maximum atomic E-state index is 12.4. The maximum absolute atomic E-state index is 12.4. The van der Waals surface area contributed by atoms with Crippen molar-refractivity contribution < 1.29 is 8.42 Å². The van der Waals surface area contributed by atoms with E-state index in [4.69, 9.17) is 5.73 Å². The molecule has 1 aliphatic rings. The van der Waals surface area contributed by atoms with E-state index in [1.807, 2.05) is 0 Å². The third-order valence-corrected chi connectivity index (χ3v) is 6.45. The van der Waals surface area contributed by atoms with Gasteiger partial charge >= 0.3 is 0 Å². The number of sulfonamides is 1. The first-order chi connectivity index (χ1) is 8.51. The fourth-order valence-corrected chi connectivity index (χ4v) is 4.56. The molecule has 0 atom stereocenters. The molecule has 0 spiro atoms. The first kappa shape index (κ1) is 14.2. The van der Waals surface area contributed by atoms with Crippen LogP contribution in [0.5, 0.6) is 0 Å². The Morgan fingerprint density at radius 1 is 1.28 bits per heavy atom. The lowest BCUT2D eigenvalue weighted by Crippen LogP contribution is -2.33. The Labute approximate surface area is 120 Å². The molecule has 100 valence electrons. The topological polar surface area (TPSA) is 63.4 Å². The molecule has 18 heavy (non-hydrogen) atoms. The van der Waals surface area contributed by atoms with Gasteiger partial charge in [-0.15, -0.1) is 0 Å². The minimum Gasteiger partial charge on any atom is -0.398 e. The van der Waals surface area contributed by atoms with Crippen LogP contribution in [-0.2, 0) is 10.0 Å². The molecular formula is C11H15BrN2O2S2. The Morgan fingerprint density at radius 2 is 2.06 bits per heavy atom. The van der Waals surface area contributed by atoms with Crippen LogP contribution in [0.4, 0.5) is 5.69 Å². The molecule has 1 aromatic rings. The number of thioether (sulfide) groups is 1. The molecule has 4 nitrogen and oxygen atoms in total. The zero-order valence-electron chi connectivity index (χ0n) is 9.80. The highest BCUT2D eigenvalue weighted by Gasteiger charge is 2.25. The van der Waals surface area contributed by atoms with Gasteiger partial charge in [-0.2, -0.15) is 16.1 Å². The zero-order chi connectivity index (χ0) is 13.2. The van der Waals surface area contributed by atoms with Crippen molar-refractivity contribution in [2.75, 3.05) is 30.3 Å². The average molecular weight is 351 g/mol. The van der Waals surface area contributed by atoms with Crippen molar-refractivity contribution in [3.8, 4) is 0 Å². The summed E-state index contributed by atoms with van der Waals surface area (Å²) in [5.74, 6) is 1.87. The molecule has 1 heterocycles. The van der Waals surface area contributed by atoms with E-state index in [1.165, 1.54) is 6.07 Å². The lowest BCUT2D eigenvalue weighted by Gasteiger charge is -2.19. The summed E-state index contributed by atoms with van der Waals surface area (Å²) < 4.78 is 27.2. The van der Waals surface area contributed by atoms with Gasteiger partial charge in [0.1, 0.15) is 0 Å². The molecular weight excluding hydrogens is 336 g/mol. The van der Waals surface area contributed by atoms with E-state index in [0.29, 0.717) is 23.2 Å². The zero-order valence-corrected chi connectivity index (χ0v) is 13.0. The van der Waals surface area contributed by atoms with Gasteiger partial charge in [0.05, 0.1) is 4.90 Å². The number of halogens is 1. The van der Waals surface area contributed by atoms with E-state index in [9.17, 15) is 8.42 Å². The van der Waals surface area contributed by atoms with Gasteiger partial charge in [0.15, 0.2) is 0 Å². The van der Waals surface area contributed by atoms with Crippen molar-refractivity contribution in [1.82, 2.24) is 4.31 Å². The van der Waals surface area contributed by atoms with E-state index in [1.54, 1.807) is 28.2 Å². The summed E-state index contributed by atoms with van der Waals surface area (Å²) in [5, 5.41) is 0. The predicted molar refractivity (Wildman–Crippen MR) is 79.3 cm³/mol. The average Bonchev–Trinajstić information content (AvgIpc) is 2.61. The van der Waals surface area contributed by atoms with Crippen LogP contribution in [0.15, 0.2) is 27.6 Å². The molecule has 1 aliphatic heterocycles. The maximum Gasteiger partial charge on any atom is 0.243 e. The van der Waals surface area contributed by atoms with E-state index in [2.05, 4.69) is 15.9 Å². The summed E-state index contributed by atoms with van der Waals surface area (Å²) in [4.78, 5) is 0.273. The second kappa shape index (κ2) is 5.81. The molecule has 0 amide bonds. The van der Waals surface area contributed by atoms with Crippen LogP contribution in [0.3, 0.4) is 0 Å². The van der Waals surface area contributed by atoms with Gasteiger partial charge in [-0.05, 0) is 46.3 Å². The van der Waals surface area contributed by atoms with Crippen molar-refractivity contribution in [1.29, 1.82) is 0 Å². The fraction of sp³-hybridized carbons (Fsp3) is 0.455. The summed E-state index contributed by atoms with van der Waals surface area (Å²) in [5.41, 5.74) is 6.19. The van der Waals surface area contributed by atoms with E-state index < -0.39 is 10.0 Å². The Kier molecular flexibility index (Phi) is 4.58. The number of nitrogens with two attached hydrogens (primary N) is 1. The highest BCUT2D eigenvalue weighted by molar-refractivity contribution is 9.10. The van der Waals surface area contributed by atoms with Gasteiger partial charge in [0.25, 0.3) is 0 Å². The van der Waals surface area contributed by atoms with Gasteiger partial charge in [0, 0.05) is 29.0 Å². The number of nitrogen functional groups attached to an aromatic ring is 1. The highest BCUT2D eigenvalue weighted by atomic mass is 79.9. The second-order valence-corrected chi connectivity index (χ2v) is 8.07. The summed E-state index contributed by atoms with van der Waals surface area (Å²) in [7, 11) is -3.41. The molecule has 0 bridgehead atoms. The van der Waals surface area contributed by atoms with Crippen LogP contribution in [0, 0.1) is 0 Å². The Balaban J connectivity index is 2.31. The number of hydrogen-bond donors (Lipinski definition) is 1. The smallest absolute Gasteiger partial charge is 0.243 e. The SMILES string of the molecule is Nc1cc(S(=O)(=O)N2CCCSCC2)ccc1Br. The van der Waals surface area contributed by atoms with Gasteiger partial charge in [-0.1, -0.05) is 0 Å². The number of nitrogens with zero attached hydrogens (tertiary/aromatic N) is 1. The number of hydrogen-bond acceptors (Lipinski definition) is 4. The lowest BCUT2D eigenvalue weighted by molar-refractivity contribution is 0.435. The molecule has 1 aromatic carbocycles. The lowest BCUT2D eigenvalue weighted by atomic mass is 10.3. The normalized spacial score (nSPS) is 18.5. The molecule has 7 heteroatoms. The molecule has 0 unspecified atom stereocenters. The Morgan fingerprint density at radius 3 is 2.78 bits per heavy atom. The van der Waals surface area contributed by atoms with Gasteiger partial charge < -0.3 is 5.73 Å². The van der Waals surface area contributed by atoms with Crippen LogP contribution < -0.4 is 5.73 Å². The third kappa shape index (κ3) is 3.01. The second-order valence-electron chi connectivity index (χ2n) is 4.05. The molecule has 0 aliphatic carbocycles. The largest absolute Gasteiger partial charge is 0.398 e. The van der Waals surface area contributed by atoms with Crippen molar-refractivity contribution in [2.24, 2.45) is 0 Å². The summed E-state index contributed by atoms with van der Waals surface area (Å²) >= 11 is 5.07. The minimum absolute atomic E-state index is 0.273. The number of anilines is 1. The summed E-state index contributed by atoms with van der Waals surface area (Å²) in [6.45, 7) is 1.16. The van der Waals surface area contributed by atoms with Gasteiger partial charge in [-0.3, -0.25) is 0 Å². The van der Waals surface area contributed by atoms with Crippen LogP contribution in [-0.4, -0.2) is 37.3 Å². The first-order valence-electron chi connectivity index (χ1n) is 5.65. The molecule has 0 saturated carbocycles. The molecule has 0 radical (unpaired) electrons. The molecule has 0 aromatic heterocycles. The highest BCUT2D eigenvalue weighted by Crippen LogP contribution is 2.26. The molecule has 2 rings (SSSR count). The summed E-state index contributed by atoms with van der Waals surface area (Å²) in [6.07, 6.45) is 0.899. The molecule has 2 N–H and O–H groups in total. The fourth-order valence-electron chi connectivity index (χ4n) is 1.79. The number of benzene rings is 1.